The monoisotopic (exact) mass is 577 g/mol. The highest BCUT2D eigenvalue weighted by molar-refractivity contribution is 6.31. The summed E-state index contributed by atoms with van der Waals surface area (Å²) < 4.78 is 16.1. The number of nitrogens with zero attached hydrogens (tertiary/aromatic N) is 1. The summed E-state index contributed by atoms with van der Waals surface area (Å²) in [6.07, 6.45) is -0.813. The summed E-state index contributed by atoms with van der Waals surface area (Å²) in [7, 11) is 1.27. The summed E-state index contributed by atoms with van der Waals surface area (Å²) in [6, 6.07) is 20.3. The van der Waals surface area contributed by atoms with E-state index in [2.05, 4.69) is 15.0 Å². The van der Waals surface area contributed by atoms with E-state index in [1.807, 2.05) is 61.5 Å². The molecule has 1 aliphatic rings. The van der Waals surface area contributed by atoms with Gasteiger partial charge in [-0.3, -0.25) is 4.90 Å². The van der Waals surface area contributed by atoms with Crippen LogP contribution in [-0.4, -0.2) is 60.1 Å². The molecule has 2 heterocycles. The smallest absolute Gasteiger partial charge is 0.416 e. The number of alkyl carbamates (subject to hydrolysis) is 1. The first-order chi connectivity index (χ1) is 19.8. The molecule has 9 nitrogen and oxygen atoms in total. The van der Waals surface area contributed by atoms with Gasteiger partial charge in [0.2, 0.25) is 0 Å². The van der Waals surface area contributed by atoms with Crippen molar-refractivity contribution in [2.24, 2.45) is 0 Å². The minimum Gasteiger partial charge on any atom is -0.493 e. The highest BCUT2D eigenvalue weighted by Gasteiger charge is 2.35. The van der Waals surface area contributed by atoms with Crippen molar-refractivity contribution in [1.29, 1.82) is 0 Å². The number of aromatic nitrogens is 1. The number of fused-ring (bicyclic) bond motifs is 3. The van der Waals surface area contributed by atoms with Crippen LogP contribution in [0.3, 0.4) is 0 Å². The van der Waals surface area contributed by atoms with E-state index in [0.29, 0.717) is 35.9 Å². The second kappa shape index (κ2) is 12.5. The summed E-state index contributed by atoms with van der Waals surface area (Å²) in [5.74, 6) is 1.11. The predicted octanol–water partition coefficient (Wildman–Crippen LogP) is 5.76. The van der Waals surface area contributed by atoms with Crippen molar-refractivity contribution in [3.63, 3.8) is 0 Å². The summed E-state index contributed by atoms with van der Waals surface area (Å²) in [4.78, 5) is 29.9. The molecule has 0 spiro atoms. The minimum absolute atomic E-state index is 0.0726. The third kappa shape index (κ3) is 6.58. The van der Waals surface area contributed by atoms with Gasteiger partial charge in [-0.1, -0.05) is 41.4 Å². The van der Waals surface area contributed by atoms with Crippen molar-refractivity contribution in [1.82, 2.24) is 15.2 Å². The molecule has 0 aliphatic carbocycles. The molecular weight excluding hydrogens is 546 g/mol. The zero-order chi connectivity index (χ0) is 28.9. The predicted molar refractivity (Wildman–Crippen MR) is 156 cm³/mol. The molecule has 3 N–H and O–H groups in total. The van der Waals surface area contributed by atoms with Crippen molar-refractivity contribution in [2.75, 3.05) is 26.8 Å². The number of H-pyrrole nitrogens is 1. The quantitative estimate of drug-likeness (QED) is 0.245. The van der Waals surface area contributed by atoms with Crippen molar-refractivity contribution in [2.45, 2.75) is 31.9 Å². The van der Waals surface area contributed by atoms with Gasteiger partial charge in [0, 0.05) is 41.1 Å². The Morgan fingerprint density at radius 1 is 1.10 bits per heavy atom. The molecule has 1 aromatic heterocycles. The zero-order valence-electron chi connectivity index (χ0n) is 22.9. The van der Waals surface area contributed by atoms with Crippen LogP contribution in [0.1, 0.15) is 34.8 Å². The number of aryl methyl sites for hydroxylation is 1. The van der Waals surface area contributed by atoms with Gasteiger partial charge in [0.25, 0.3) is 0 Å². The Morgan fingerprint density at radius 2 is 1.83 bits per heavy atom. The van der Waals surface area contributed by atoms with E-state index in [-0.39, 0.29) is 13.2 Å². The molecule has 0 saturated heterocycles. The summed E-state index contributed by atoms with van der Waals surface area (Å²) in [5.41, 5.74) is 4.97. The van der Waals surface area contributed by atoms with E-state index < -0.39 is 24.3 Å². The number of halogens is 1. The lowest BCUT2D eigenvalue weighted by atomic mass is 9.92. The number of carbonyl (C=O) groups is 2. The number of rotatable bonds is 8. The van der Waals surface area contributed by atoms with Crippen LogP contribution < -0.4 is 14.8 Å². The number of hydrogen-bond acceptors (Lipinski definition) is 6. The molecule has 2 amide bonds. The lowest BCUT2D eigenvalue weighted by Crippen LogP contribution is -2.42. The van der Waals surface area contributed by atoms with Crippen LogP contribution in [0, 0.1) is 6.92 Å². The third-order valence-corrected chi connectivity index (χ3v) is 7.37. The van der Waals surface area contributed by atoms with E-state index in [1.54, 1.807) is 17.0 Å². The van der Waals surface area contributed by atoms with E-state index >= 15 is 0 Å². The normalized spacial score (nSPS) is 15.2. The summed E-state index contributed by atoms with van der Waals surface area (Å²) in [5, 5.41) is 14.2. The van der Waals surface area contributed by atoms with Gasteiger partial charge in [0.05, 0.1) is 19.8 Å². The Balaban J connectivity index is 1.36. The first-order valence-electron chi connectivity index (χ1n) is 13.4. The number of aromatic amines is 1. The molecule has 5 rings (SSSR count). The average molecular weight is 578 g/mol. The SMILES string of the molecule is COC(=O)NCC(O)CCOc1ccc(C2c3[nH]c4ccc(Cl)cc4c3CCN2C(=O)Oc2ccc(C)cc2)cc1. The average Bonchev–Trinajstić information content (AvgIpc) is 3.34. The summed E-state index contributed by atoms with van der Waals surface area (Å²) in [6.45, 7) is 2.78. The van der Waals surface area contributed by atoms with Crippen LogP contribution in [0.5, 0.6) is 11.5 Å². The summed E-state index contributed by atoms with van der Waals surface area (Å²) >= 11 is 6.32. The minimum atomic E-state index is -0.766. The maximum atomic E-state index is 13.5. The molecule has 3 aromatic carbocycles. The van der Waals surface area contributed by atoms with Gasteiger partial charge in [0.15, 0.2) is 0 Å². The molecular formula is C31H32ClN3O6. The van der Waals surface area contributed by atoms with Crippen LogP contribution in [-0.2, 0) is 11.2 Å². The van der Waals surface area contributed by atoms with E-state index in [1.165, 1.54) is 7.11 Å². The van der Waals surface area contributed by atoms with Crippen LogP contribution in [0.4, 0.5) is 9.59 Å². The zero-order valence-corrected chi connectivity index (χ0v) is 23.6. The fourth-order valence-corrected chi connectivity index (χ4v) is 5.18. The van der Waals surface area contributed by atoms with Gasteiger partial charge >= 0.3 is 12.2 Å². The van der Waals surface area contributed by atoms with E-state index in [4.69, 9.17) is 21.1 Å². The molecule has 2 atom stereocenters. The molecule has 1 aliphatic heterocycles. The molecule has 41 heavy (non-hydrogen) atoms. The number of benzene rings is 3. The van der Waals surface area contributed by atoms with Crippen molar-refractivity contribution >= 4 is 34.7 Å². The maximum absolute atomic E-state index is 13.5. The van der Waals surface area contributed by atoms with Crippen LogP contribution in [0.25, 0.3) is 10.9 Å². The van der Waals surface area contributed by atoms with Crippen molar-refractivity contribution in [3.8, 4) is 11.5 Å². The second-order valence-corrected chi connectivity index (χ2v) is 10.4. The molecule has 0 bridgehead atoms. The number of methoxy groups -OCH3 is 1. The number of aliphatic hydroxyl groups is 1. The molecule has 0 saturated carbocycles. The van der Waals surface area contributed by atoms with Gasteiger partial charge in [-0.15, -0.1) is 0 Å². The Morgan fingerprint density at radius 3 is 2.56 bits per heavy atom. The van der Waals surface area contributed by atoms with Gasteiger partial charge in [0.1, 0.15) is 17.5 Å². The first kappa shape index (κ1) is 28.3. The Hall–Kier alpha value is -4.21. The van der Waals surface area contributed by atoms with Gasteiger partial charge in [-0.2, -0.15) is 0 Å². The van der Waals surface area contributed by atoms with Crippen molar-refractivity contribution < 1.29 is 28.9 Å². The largest absolute Gasteiger partial charge is 0.493 e. The molecule has 214 valence electrons. The van der Waals surface area contributed by atoms with Gasteiger partial charge in [-0.25, -0.2) is 9.59 Å². The van der Waals surface area contributed by atoms with E-state index in [9.17, 15) is 14.7 Å². The first-order valence-corrected chi connectivity index (χ1v) is 13.8. The van der Waals surface area contributed by atoms with Crippen LogP contribution >= 0.6 is 11.6 Å². The topological polar surface area (TPSA) is 113 Å². The van der Waals surface area contributed by atoms with Gasteiger partial charge in [-0.05, 0) is 66.9 Å². The number of ether oxygens (including phenoxy) is 3. The molecule has 2 unspecified atom stereocenters. The Labute approximate surface area is 243 Å². The lowest BCUT2D eigenvalue weighted by Gasteiger charge is -2.35. The van der Waals surface area contributed by atoms with Crippen molar-refractivity contribution in [3.05, 3.63) is 94.1 Å². The number of carbonyl (C=O) groups excluding carboxylic acids is 2. The number of nitrogens with one attached hydrogen (secondary N) is 2. The lowest BCUT2D eigenvalue weighted by molar-refractivity contribution is 0.127. The molecule has 10 heteroatoms. The second-order valence-electron chi connectivity index (χ2n) is 9.97. The Kier molecular flexibility index (Phi) is 8.66. The maximum Gasteiger partial charge on any atom is 0.416 e. The number of amides is 2. The molecule has 0 fully saturated rings. The Bertz CT molecular complexity index is 1520. The van der Waals surface area contributed by atoms with Crippen LogP contribution in [0.15, 0.2) is 66.7 Å². The molecule has 4 aromatic rings. The highest BCUT2D eigenvalue weighted by atomic mass is 35.5. The fraction of sp³-hybridized carbons (Fsp3) is 0.290. The van der Waals surface area contributed by atoms with E-state index in [0.717, 1.165) is 33.3 Å². The highest BCUT2D eigenvalue weighted by Crippen LogP contribution is 2.40. The van der Waals surface area contributed by atoms with Gasteiger partial charge < -0.3 is 29.6 Å². The standard InChI is InChI=1S/C31H32ClN3O6/c1-19-3-8-24(9-4-19)41-31(38)35-15-13-25-26-17-21(32)7-12-27(26)34-28(25)29(35)20-5-10-23(11-6-20)40-16-14-22(36)18-33-30(37)39-2/h3-12,17,22,29,34,36H,13-16,18H2,1-2H3,(H,33,37). The molecule has 0 radical (unpaired) electrons. The number of hydrogen-bond donors (Lipinski definition) is 3. The van der Waals surface area contributed by atoms with Crippen LogP contribution in [0.2, 0.25) is 5.02 Å². The fourth-order valence-electron chi connectivity index (χ4n) is 5.00. The number of aliphatic hydroxyl groups excluding tert-OH is 1. The third-order valence-electron chi connectivity index (χ3n) is 7.13.